The lowest BCUT2D eigenvalue weighted by molar-refractivity contribution is -0.137. The first-order valence-electron chi connectivity index (χ1n) is 6.69. The average Bonchev–Trinajstić information content (AvgIpc) is 2.38. The van der Waals surface area contributed by atoms with E-state index in [0.29, 0.717) is 11.0 Å². The Labute approximate surface area is 125 Å². The summed E-state index contributed by atoms with van der Waals surface area (Å²) in [5.41, 5.74) is -0.363. The number of hydrogen-bond donors (Lipinski definition) is 1. The molecule has 1 unspecified atom stereocenters. The van der Waals surface area contributed by atoms with E-state index >= 15 is 0 Å². The van der Waals surface area contributed by atoms with E-state index in [1.807, 2.05) is 0 Å². The van der Waals surface area contributed by atoms with Gasteiger partial charge in [0.05, 0.1) is 5.56 Å². The molecule has 1 aromatic rings. The summed E-state index contributed by atoms with van der Waals surface area (Å²) < 4.78 is 39.8. The molecule has 1 aliphatic rings. The molecule has 0 aromatic heterocycles. The van der Waals surface area contributed by atoms with Crippen molar-refractivity contribution in [2.24, 2.45) is 0 Å². The first kappa shape index (κ1) is 15.6. The Morgan fingerprint density at radius 3 is 2.70 bits per heavy atom. The molecule has 2 nitrogen and oxygen atoms in total. The first-order valence-corrected chi connectivity index (χ1v) is 7.48. The van der Waals surface area contributed by atoms with Crippen LogP contribution in [0.1, 0.15) is 24.8 Å². The summed E-state index contributed by atoms with van der Waals surface area (Å²) in [5, 5.41) is 3.36. The van der Waals surface area contributed by atoms with Gasteiger partial charge in [-0.05, 0) is 37.6 Å². The Bertz CT molecular complexity index is 456. The molecule has 6 heteroatoms. The van der Waals surface area contributed by atoms with Crippen molar-refractivity contribution in [3.8, 4) is 0 Å². The van der Waals surface area contributed by atoms with Crippen molar-refractivity contribution in [1.29, 1.82) is 0 Å². The Morgan fingerprint density at radius 1 is 1.35 bits per heavy atom. The van der Waals surface area contributed by atoms with Crippen LogP contribution in [0.5, 0.6) is 0 Å². The third kappa shape index (κ3) is 3.88. The Balaban J connectivity index is 2.18. The molecule has 0 radical (unpaired) electrons. The number of likely N-dealkylation sites (N-methyl/N-ethyl adjacent to an activating group) is 1. The second-order valence-electron chi connectivity index (χ2n) is 5.19. The van der Waals surface area contributed by atoms with E-state index in [4.69, 9.17) is 0 Å². The average molecular weight is 351 g/mol. The van der Waals surface area contributed by atoms with Crippen molar-refractivity contribution in [2.45, 2.75) is 31.5 Å². The predicted octanol–water partition coefficient (Wildman–Crippen LogP) is 4.05. The molecule has 0 aliphatic carbocycles. The summed E-state index contributed by atoms with van der Waals surface area (Å²) in [7, 11) is 1.72. The maximum Gasteiger partial charge on any atom is 0.418 e. The predicted molar refractivity (Wildman–Crippen MR) is 78.1 cm³/mol. The molecule has 0 bridgehead atoms. The van der Waals surface area contributed by atoms with E-state index in [0.717, 1.165) is 31.9 Å². The topological polar surface area (TPSA) is 15.3 Å². The molecule has 1 atom stereocenters. The largest absolute Gasteiger partial charge is 0.418 e. The molecular weight excluding hydrogens is 333 g/mol. The minimum Gasteiger partial charge on any atom is -0.373 e. The van der Waals surface area contributed by atoms with E-state index in [1.54, 1.807) is 18.0 Å². The SMILES string of the molecule is CN(CC1CCCCN1)c1ccc(Br)cc1C(F)(F)F. The van der Waals surface area contributed by atoms with Gasteiger partial charge in [0.15, 0.2) is 0 Å². The molecule has 0 spiro atoms. The van der Waals surface area contributed by atoms with Gasteiger partial charge in [-0.3, -0.25) is 0 Å². The van der Waals surface area contributed by atoms with E-state index in [2.05, 4.69) is 21.2 Å². The molecule has 1 fully saturated rings. The number of nitrogens with zero attached hydrogens (tertiary/aromatic N) is 1. The monoisotopic (exact) mass is 350 g/mol. The van der Waals surface area contributed by atoms with Crippen LogP contribution in [0, 0.1) is 0 Å². The summed E-state index contributed by atoms with van der Waals surface area (Å²) in [5.74, 6) is 0. The van der Waals surface area contributed by atoms with Gasteiger partial charge in [0.2, 0.25) is 0 Å². The van der Waals surface area contributed by atoms with Gasteiger partial charge in [0, 0.05) is 29.8 Å². The van der Waals surface area contributed by atoms with Gasteiger partial charge in [-0.1, -0.05) is 22.4 Å². The fourth-order valence-electron chi connectivity index (χ4n) is 2.58. The summed E-state index contributed by atoms with van der Waals surface area (Å²) in [6.07, 6.45) is -1.04. The Morgan fingerprint density at radius 2 is 2.10 bits per heavy atom. The van der Waals surface area contributed by atoms with Crippen LogP contribution in [0.25, 0.3) is 0 Å². The van der Waals surface area contributed by atoms with Crippen LogP contribution in [-0.2, 0) is 6.18 Å². The lowest BCUT2D eigenvalue weighted by Crippen LogP contribution is -2.42. The highest BCUT2D eigenvalue weighted by Gasteiger charge is 2.35. The Kier molecular flexibility index (Phi) is 4.96. The second kappa shape index (κ2) is 6.35. The van der Waals surface area contributed by atoms with Gasteiger partial charge in [-0.15, -0.1) is 0 Å². The van der Waals surface area contributed by atoms with Crippen LogP contribution in [0.4, 0.5) is 18.9 Å². The third-order valence-corrected chi connectivity index (χ3v) is 4.08. The summed E-state index contributed by atoms with van der Waals surface area (Å²) in [4.78, 5) is 1.69. The second-order valence-corrected chi connectivity index (χ2v) is 6.10. The third-order valence-electron chi connectivity index (χ3n) is 3.58. The Hall–Kier alpha value is -0.750. The van der Waals surface area contributed by atoms with Gasteiger partial charge >= 0.3 is 6.18 Å². The summed E-state index contributed by atoms with van der Waals surface area (Å²) in [6.45, 7) is 1.54. The van der Waals surface area contributed by atoms with Crippen molar-refractivity contribution in [1.82, 2.24) is 5.32 Å². The number of benzene rings is 1. The quantitative estimate of drug-likeness (QED) is 0.884. The minimum atomic E-state index is -4.34. The number of halogens is 4. The fourth-order valence-corrected chi connectivity index (χ4v) is 2.94. The smallest absolute Gasteiger partial charge is 0.373 e. The van der Waals surface area contributed by atoms with E-state index in [-0.39, 0.29) is 11.7 Å². The zero-order chi connectivity index (χ0) is 14.8. The van der Waals surface area contributed by atoms with Crippen LogP contribution >= 0.6 is 15.9 Å². The van der Waals surface area contributed by atoms with Crippen LogP contribution in [0.15, 0.2) is 22.7 Å². The fraction of sp³-hybridized carbons (Fsp3) is 0.571. The molecular formula is C14H18BrF3N2. The summed E-state index contributed by atoms with van der Waals surface area (Å²) >= 11 is 3.11. The zero-order valence-corrected chi connectivity index (χ0v) is 12.9. The van der Waals surface area contributed by atoms with Crippen LogP contribution in [0.2, 0.25) is 0 Å². The highest BCUT2D eigenvalue weighted by Crippen LogP contribution is 2.38. The molecule has 0 saturated carbocycles. The number of anilines is 1. The van der Waals surface area contributed by atoms with Crippen molar-refractivity contribution in [3.63, 3.8) is 0 Å². The first-order chi connectivity index (χ1) is 9.38. The number of nitrogens with one attached hydrogen (secondary N) is 1. The summed E-state index contributed by atoms with van der Waals surface area (Å²) in [6, 6.07) is 4.57. The number of rotatable bonds is 3. The molecule has 1 aromatic carbocycles. The molecule has 1 N–H and O–H groups in total. The zero-order valence-electron chi connectivity index (χ0n) is 11.3. The van der Waals surface area contributed by atoms with Gasteiger partial charge < -0.3 is 10.2 Å². The number of alkyl halides is 3. The molecule has 1 heterocycles. The maximum atomic E-state index is 13.1. The van der Waals surface area contributed by atoms with Crippen LogP contribution in [-0.4, -0.2) is 26.2 Å². The molecule has 2 rings (SSSR count). The molecule has 0 amide bonds. The van der Waals surface area contributed by atoms with Crippen molar-refractivity contribution < 1.29 is 13.2 Å². The van der Waals surface area contributed by atoms with Gasteiger partial charge in [-0.2, -0.15) is 13.2 Å². The normalized spacial score (nSPS) is 19.9. The van der Waals surface area contributed by atoms with Crippen molar-refractivity contribution in [3.05, 3.63) is 28.2 Å². The molecule has 1 aliphatic heterocycles. The number of hydrogen-bond acceptors (Lipinski definition) is 2. The molecule has 20 heavy (non-hydrogen) atoms. The van der Waals surface area contributed by atoms with E-state index in [9.17, 15) is 13.2 Å². The van der Waals surface area contributed by atoms with Crippen LogP contribution in [0.3, 0.4) is 0 Å². The van der Waals surface area contributed by atoms with E-state index in [1.165, 1.54) is 6.07 Å². The van der Waals surface area contributed by atoms with Gasteiger partial charge in [-0.25, -0.2) is 0 Å². The van der Waals surface area contributed by atoms with Gasteiger partial charge in [0.1, 0.15) is 0 Å². The highest BCUT2D eigenvalue weighted by atomic mass is 79.9. The standard InChI is InChI=1S/C14H18BrF3N2/c1-20(9-11-4-2-3-7-19-11)13-6-5-10(15)8-12(13)14(16,17)18/h5-6,8,11,19H,2-4,7,9H2,1H3. The lowest BCUT2D eigenvalue weighted by Gasteiger charge is -2.31. The molecule has 1 saturated heterocycles. The minimum absolute atomic E-state index is 0.230. The lowest BCUT2D eigenvalue weighted by atomic mass is 10.0. The molecule has 112 valence electrons. The van der Waals surface area contributed by atoms with Gasteiger partial charge in [0.25, 0.3) is 0 Å². The van der Waals surface area contributed by atoms with Crippen molar-refractivity contribution >= 4 is 21.6 Å². The number of piperidine rings is 1. The van der Waals surface area contributed by atoms with Crippen LogP contribution < -0.4 is 10.2 Å². The van der Waals surface area contributed by atoms with Crippen molar-refractivity contribution in [2.75, 3.05) is 25.0 Å². The van der Waals surface area contributed by atoms with E-state index < -0.39 is 11.7 Å². The highest BCUT2D eigenvalue weighted by molar-refractivity contribution is 9.10. The maximum absolute atomic E-state index is 13.1.